The lowest BCUT2D eigenvalue weighted by Gasteiger charge is -2.05. The summed E-state index contributed by atoms with van der Waals surface area (Å²) in [5, 5.41) is 3.36. The summed E-state index contributed by atoms with van der Waals surface area (Å²) in [7, 11) is 0. The lowest BCUT2D eigenvalue weighted by atomic mass is 10.2. The van der Waals surface area contributed by atoms with Gasteiger partial charge in [0.1, 0.15) is 0 Å². The minimum atomic E-state index is 0. The Morgan fingerprint density at radius 2 is 1.27 bits per heavy atom. The van der Waals surface area contributed by atoms with Crippen molar-refractivity contribution in [3.63, 3.8) is 0 Å². The lowest BCUT2D eigenvalue weighted by molar-refractivity contribution is 0.824. The van der Waals surface area contributed by atoms with E-state index in [1.165, 1.54) is 5.56 Å². The summed E-state index contributed by atoms with van der Waals surface area (Å²) < 4.78 is 0. The maximum Gasteiger partial charge on any atom is 0.0400 e. The zero-order chi connectivity index (χ0) is 9.64. The summed E-state index contributed by atoms with van der Waals surface area (Å²) in [4.78, 5) is 0. The number of anilines is 1. The summed E-state index contributed by atoms with van der Waals surface area (Å²) in [6, 6.07) is 20.6. The average molecular weight is 201 g/mol. The Hall–Kier alpha value is -1.80. The predicted octanol–water partition coefficient (Wildman–Crippen LogP) is 2.47. The highest BCUT2D eigenvalue weighted by Crippen LogP contribution is 2.07. The number of hydrogen-bond donors (Lipinski definition) is 1. The van der Waals surface area contributed by atoms with E-state index in [1.807, 2.05) is 24.3 Å². The van der Waals surface area contributed by atoms with Crippen molar-refractivity contribution in [3.8, 4) is 0 Å². The van der Waals surface area contributed by atoms with Gasteiger partial charge in [0.05, 0.1) is 0 Å². The van der Waals surface area contributed by atoms with E-state index in [0.29, 0.717) is 0 Å². The van der Waals surface area contributed by atoms with Crippen LogP contribution >= 0.6 is 0 Å². The fraction of sp³-hybridized carbons (Fsp3) is 0.0769. The molecule has 0 bridgehead atoms. The molecule has 0 saturated carbocycles. The van der Waals surface area contributed by atoms with Crippen molar-refractivity contribution in [1.82, 2.24) is 0 Å². The van der Waals surface area contributed by atoms with Gasteiger partial charge in [-0.15, -0.1) is 0 Å². The van der Waals surface area contributed by atoms with Crippen molar-refractivity contribution in [3.05, 3.63) is 66.2 Å². The van der Waals surface area contributed by atoms with Crippen LogP contribution in [-0.4, -0.2) is 5.48 Å². The molecule has 0 saturated heterocycles. The first kappa shape index (κ1) is 11.3. The third-order valence-electron chi connectivity index (χ3n) is 2.11. The van der Waals surface area contributed by atoms with Gasteiger partial charge in [-0.2, -0.15) is 0 Å². The summed E-state index contributed by atoms with van der Waals surface area (Å²) in [5.41, 5.74) is 2.47. The number of nitrogens with one attached hydrogen (secondary N) is 1. The Bertz CT molecular complexity index is 333. The first-order valence-corrected chi connectivity index (χ1v) is 4.78. The van der Waals surface area contributed by atoms with E-state index < -0.39 is 0 Å². The van der Waals surface area contributed by atoms with Crippen LogP contribution in [0.3, 0.4) is 0 Å². The quantitative estimate of drug-likeness (QED) is 0.814. The molecule has 2 nitrogen and oxygen atoms in total. The molecule has 0 atom stereocenters. The van der Waals surface area contributed by atoms with Crippen molar-refractivity contribution in [1.29, 1.82) is 0 Å². The standard InChI is InChI=1S/C13H13N.H2O/c1-3-7-12(8-4-1)11-14-13-9-5-2-6-10-13;/h1-10,14H,11H2;1H2. The highest BCUT2D eigenvalue weighted by molar-refractivity contribution is 5.43. The smallest absolute Gasteiger partial charge is 0.0400 e. The molecule has 0 amide bonds. The van der Waals surface area contributed by atoms with Crippen LogP contribution in [0.1, 0.15) is 5.56 Å². The normalized spacial score (nSPS) is 9.07. The second kappa shape index (κ2) is 5.83. The van der Waals surface area contributed by atoms with Gasteiger partial charge in [0, 0.05) is 12.2 Å². The fourth-order valence-electron chi connectivity index (χ4n) is 1.36. The zero-order valence-corrected chi connectivity index (χ0v) is 8.48. The molecule has 0 unspecified atom stereocenters. The molecule has 0 heterocycles. The summed E-state index contributed by atoms with van der Waals surface area (Å²) in [6.45, 7) is 0.880. The van der Waals surface area contributed by atoms with Gasteiger partial charge in [-0.25, -0.2) is 0 Å². The second-order valence-electron chi connectivity index (χ2n) is 3.21. The van der Waals surface area contributed by atoms with Crippen LogP contribution in [0.25, 0.3) is 0 Å². The fourth-order valence-corrected chi connectivity index (χ4v) is 1.36. The van der Waals surface area contributed by atoms with E-state index in [1.54, 1.807) is 0 Å². The molecule has 2 rings (SSSR count). The van der Waals surface area contributed by atoms with E-state index >= 15 is 0 Å². The zero-order valence-electron chi connectivity index (χ0n) is 8.48. The molecule has 78 valence electrons. The van der Waals surface area contributed by atoms with Crippen molar-refractivity contribution in [2.75, 3.05) is 5.32 Å². The van der Waals surface area contributed by atoms with Gasteiger partial charge < -0.3 is 10.8 Å². The molecule has 2 heteroatoms. The van der Waals surface area contributed by atoms with E-state index in [0.717, 1.165) is 12.2 Å². The lowest BCUT2D eigenvalue weighted by Crippen LogP contribution is -1.98. The topological polar surface area (TPSA) is 43.5 Å². The summed E-state index contributed by atoms with van der Waals surface area (Å²) in [5.74, 6) is 0. The molecule has 3 N–H and O–H groups in total. The van der Waals surface area contributed by atoms with E-state index in [2.05, 4.69) is 41.7 Å². The van der Waals surface area contributed by atoms with Crippen LogP contribution in [0.2, 0.25) is 0 Å². The molecule has 0 radical (unpaired) electrons. The number of hydrogen-bond acceptors (Lipinski definition) is 1. The average Bonchev–Trinajstić information content (AvgIpc) is 2.29. The molecule has 0 aliphatic rings. The van der Waals surface area contributed by atoms with Crippen molar-refractivity contribution in [2.45, 2.75) is 6.54 Å². The van der Waals surface area contributed by atoms with Crippen molar-refractivity contribution in [2.24, 2.45) is 0 Å². The van der Waals surface area contributed by atoms with Gasteiger partial charge in [-0.3, -0.25) is 0 Å². The van der Waals surface area contributed by atoms with Crippen LogP contribution in [-0.2, 0) is 6.54 Å². The molecule has 0 aliphatic heterocycles. The Balaban J connectivity index is 0.00000112. The molecule has 0 aliphatic carbocycles. The highest BCUT2D eigenvalue weighted by Gasteiger charge is 1.90. The third-order valence-corrected chi connectivity index (χ3v) is 2.11. The number of benzene rings is 2. The van der Waals surface area contributed by atoms with Gasteiger partial charge >= 0.3 is 0 Å². The molecule has 2 aromatic carbocycles. The second-order valence-corrected chi connectivity index (χ2v) is 3.21. The van der Waals surface area contributed by atoms with Crippen molar-refractivity contribution < 1.29 is 5.48 Å². The Morgan fingerprint density at radius 1 is 0.733 bits per heavy atom. The highest BCUT2D eigenvalue weighted by atomic mass is 16.0. The van der Waals surface area contributed by atoms with Crippen LogP contribution < -0.4 is 5.32 Å². The van der Waals surface area contributed by atoms with Gasteiger partial charge in [0.15, 0.2) is 0 Å². The van der Waals surface area contributed by atoms with E-state index in [-0.39, 0.29) is 5.48 Å². The number of rotatable bonds is 3. The van der Waals surface area contributed by atoms with E-state index in [9.17, 15) is 0 Å². The van der Waals surface area contributed by atoms with Gasteiger partial charge in [0.25, 0.3) is 0 Å². The Labute approximate surface area is 89.9 Å². The minimum Gasteiger partial charge on any atom is -0.412 e. The summed E-state index contributed by atoms with van der Waals surface area (Å²) in [6.07, 6.45) is 0. The Morgan fingerprint density at radius 3 is 1.87 bits per heavy atom. The third kappa shape index (κ3) is 3.44. The van der Waals surface area contributed by atoms with Gasteiger partial charge in [-0.05, 0) is 17.7 Å². The molecular formula is C13H15NO. The van der Waals surface area contributed by atoms with Gasteiger partial charge in [-0.1, -0.05) is 48.5 Å². The SMILES string of the molecule is O.c1ccc(CNc2ccccc2)cc1. The van der Waals surface area contributed by atoms with Crippen molar-refractivity contribution >= 4 is 5.69 Å². The van der Waals surface area contributed by atoms with Crippen LogP contribution in [0.5, 0.6) is 0 Å². The molecule has 0 fully saturated rings. The molecular weight excluding hydrogens is 186 g/mol. The van der Waals surface area contributed by atoms with Crippen LogP contribution in [0, 0.1) is 0 Å². The summed E-state index contributed by atoms with van der Waals surface area (Å²) >= 11 is 0. The first-order valence-electron chi connectivity index (χ1n) is 4.78. The maximum absolute atomic E-state index is 3.36. The molecule has 0 aromatic heterocycles. The molecule has 0 spiro atoms. The predicted molar refractivity (Wildman–Crippen MR) is 63.8 cm³/mol. The number of para-hydroxylation sites is 1. The van der Waals surface area contributed by atoms with Crippen LogP contribution in [0.15, 0.2) is 60.7 Å². The monoisotopic (exact) mass is 201 g/mol. The first-order chi connectivity index (χ1) is 6.95. The maximum atomic E-state index is 3.36. The molecule has 2 aromatic rings. The Kier molecular flexibility index (Phi) is 4.38. The van der Waals surface area contributed by atoms with E-state index in [4.69, 9.17) is 0 Å². The largest absolute Gasteiger partial charge is 0.412 e. The van der Waals surface area contributed by atoms with Gasteiger partial charge in [0.2, 0.25) is 0 Å². The minimum absolute atomic E-state index is 0. The molecule has 15 heavy (non-hydrogen) atoms. The van der Waals surface area contributed by atoms with Crippen LogP contribution in [0.4, 0.5) is 5.69 Å².